The Morgan fingerprint density at radius 3 is 2.78 bits per heavy atom. The number of hydrogen-bond acceptors (Lipinski definition) is 6. The molecule has 0 aliphatic rings. The van der Waals surface area contributed by atoms with E-state index in [9.17, 15) is 0 Å². The van der Waals surface area contributed by atoms with E-state index in [1.165, 1.54) is 16.6 Å². The van der Waals surface area contributed by atoms with Gasteiger partial charge in [0.2, 0.25) is 5.16 Å². The predicted molar refractivity (Wildman–Crippen MR) is 70.5 cm³/mol. The summed E-state index contributed by atoms with van der Waals surface area (Å²) >= 11 is 3.01. The quantitative estimate of drug-likeness (QED) is 0.735. The maximum Gasteiger partial charge on any atom is 0.238 e. The lowest BCUT2D eigenvalue weighted by Gasteiger charge is -1.93. The first kappa shape index (κ1) is 11.4. The number of tetrazole rings is 1. The molecule has 0 unspecified atom stereocenters. The van der Waals surface area contributed by atoms with Crippen molar-refractivity contribution < 1.29 is 0 Å². The van der Waals surface area contributed by atoms with Crippen LogP contribution in [-0.4, -0.2) is 25.2 Å². The Bertz CT molecular complexity index is 646. The fraction of sp³-hybridized carbons (Fsp3) is 0.0909. The number of hydrogen-bond donors (Lipinski definition) is 0. The summed E-state index contributed by atoms with van der Waals surface area (Å²) in [5.41, 5.74) is 2.10. The molecule has 0 spiro atoms. The molecule has 0 aliphatic heterocycles. The summed E-state index contributed by atoms with van der Waals surface area (Å²) in [6, 6.07) is 10.1. The van der Waals surface area contributed by atoms with E-state index in [1.807, 2.05) is 35.7 Å². The molecule has 7 heteroatoms. The molecule has 0 fully saturated rings. The molecule has 0 N–H and O–H groups in total. The van der Waals surface area contributed by atoms with Crippen LogP contribution in [-0.2, 0) is 7.05 Å². The summed E-state index contributed by atoms with van der Waals surface area (Å²) in [5.74, 6) is 0. The van der Waals surface area contributed by atoms with Crippen molar-refractivity contribution in [3.05, 3.63) is 35.7 Å². The zero-order valence-corrected chi connectivity index (χ0v) is 11.1. The highest BCUT2D eigenvalue weighted by atomic mass is 32.2. The van der Waals surface area contributed by atoms with Crippen LogP contribution in [0.5, 0.6) is 0 Å². The Kier molecular flexibility index (Phi) is 3.07. The van der Waals surface area contributed by atoms with E-state index < -0.39 is 0 Å². The summed E-state index contributed by atoms with van der Waals surface area (Å²) in [6.45, 7) is 0. The molecule has 3 aromatic rings. The van der Waals surface area contributed by atoms with Crippen LogP contribution in [0.1, 0.15) is 0 Å². The van der Waals surface area contributed by atoms with Gasteiger partial charge < -0.3 is 0 Å². The van der Waals surface area contributed by atoms with Gasteiger partial charge in [0.15, 0.2) is 4.34 Å². The van der Waals surface area contributed by atoms with Crippen molar-refractivity contribution in [3.63, 3.8) is 0 Å². The highest BCUT2D eigenvalue weighted by Gasteiger charge is 2.08. The lowest BCUT2D eigenvalue weighted by molar-refractivity contribution is 0.626. The van der Waals surface area contributed by atoms with Crippen molar-refractivity contribution in [1.82, 2.24) is 25.2 Å². The van der Waals surface area contributed by atoms with Gasteiger partial charge in [0.25, 0.3) is 0 Å². The van der Waals surface area contributed by atoms with Crippen LogP contribution in [0.25, 0.3) is 11.3 Å². The first-order chi connectivity index (χ1) is 8.81. The molecule has 90 valence electrons. The lowest BCUT2D eigenvalue weighted by atomic mass is 10.2. The Labute approximate surface area is 112 Å². The number of nitrogens with zero attached hydrogens (tertiary/aromatic N) is 5. The van der Waals surface area contributed by atoms with Gasteiger partial charge in [-0.15, -0.1) is 21.5 Å². The SMILES string of the molecule is Cn1nnc(Sc2nc(-c3ccccc3)cs2)n1. The second kappa shape index (κ2) is 4.87. The molecule has 18 heavy (non-hydrogen) atoms. The predicted octanol–water partition coefficient (Wildman–Crippen LogP) is 2.48. The molecule has 0 radical (unpaired) electrons. The molecule has 0 aliphatic carbocycles. The van der Waals surface area contributed by atoms with Gasteiger partial charge >= 0.3 is 0 Å². The van der Waals surface area contributed by atoms with E-state index in [2.05, 4.69) is 20.4 Å². The van der Waals surface area contributed by atoms with Gasteiger partial charge in [0, 0.05) is 10.9 Å². The van der Waals surface area contributed by atoms with Gasteiger partial charge in [-0.1, -0.05) is 30.3 Å². The van der Waals surface area contributed by atoms with Gasteiger partial charge in [-0.25, -0.2) is 4.98 Å². The van der Waals surface area contributed by atoms with Crippen LogP contribution in [0, 0.1) is 0 Å². The largest absolute Gasteiger partial charge is 0.238 e. The van der Waals surface area contributed by atoms with Gasteiger partial charge in [0.05, 0.1) is 12.7 Å². The second-order valence-electron chi connectivity index (χ2n) is 3.53. The van der Waals surface area contributed by atoms with Crippen LogP contribution in [0.15, 0.2) is 45.2 Å². The summed E-state index contributed by atoms with van der Waals surface area (Å²) < 4.78 is 0.918. The van der Waals surface area contributed by atoms with Crippen molar-refractivity contribution in [2.45, 2.75) is 9.50 Å². The third-order valence-corrected chi connectivity index (χ3v) is 4.01. The lowest BCUT2D eigenvalue weighted by Crippen LogP contribution is -1.91. The molecule has 0 amide bonds. The van der Waals surface area contributed by atoms with Crippen molar-refractivity contribution in [2.24, 2.45) is 7.05 Å². The number of aryl methyl sites for hydroxylation is 1. The summed E-state index contributed by atoms with van der Waals surface area (Å²) in [6.07, 6.45) is 0. The molecule has 0 saturated carbocycles. The van der Waals surface area contributed by atoms with Crippen molar-refractivity contribution in [1.29, 1.82) is 0 Å². The van der Waals surface area contributed by atoms with Crippen LogP contribution in [0.4, 0.5) is 0 Å². The van der Waals surface area contributed by atoms with Gasteiger partial charge in [0.1, 0.15) is 0 Å². The molecule has 0 atom stereocenters. The second-order valence-corrected chi connectivity index (χ2v) is 5.60. The molecular formula is C11H9N5S2. The van der Waals surface area contributed by atoms with Crippen molar-refractivity contribution in [3.8, 4) is 11.3 Å². The molecule has 1 aromatic carbocycles. The smallest absolute Gasteiger partial charge is 0.229 e. The summed E-state index contributed by atoms with van der Waals surface area (Å²) in [5, 5.41) is 14.5. The minimum atomic E-state index is 0.617. The number of aromatic nitrogens is 5. The van der Waals surface area contributed by atoms with Crippen LogP contribution >= 0.6 is 23.1 Å². The van der Waals surface area contributed by atoms with Crippen LogP contribution < -0.4 is 0 Å². The Balaban J connectivity index is 1.82. The Morgan fingerprint density at radius 2 is 2.06 bits per heavy atom. The van der Waals surface area contributed by atoms with Gasteiger partial charge in [-0.05, 0) is 17.0 Å². The highest BCUT2D eigenvalue weighted by Crippen LogP contribution is 2.30. The number of rotatable bonds is 3. The molecule has 3 rings (SSSR count). The van der Waals surface area contributed by atoms with E-state index in [4.69, 9.17) is 0 Å². The topological polar surface area (TPSA) is 56.5 Å². The average molecular weight is 275 g/mol. The number of benzene rings is 1. The molecule has 5 nitrogen and oxygen atoms in total. The van der Waals surface area contributed by atoms with Gasteiger partial charge in [-0.3, -0.25) is 0 Å². The first-order valence-electron chi connectivity index (χ1n) is 5.24. The molecule has 2 aromatic heterocycles. The average Bonchev–Trinajstić information content (AvgIpc) is 3.01. The maximum atomic E-state index is 4.55. The molecule has 2 heterocycles. The van der Waals surface area contributed by atoms with Crippen molar-refractivity contribution >= 4 is 23.1 Å². The summed E-state index contributed by atoms with van der Waals surface area (Å²) in [4.78, 5) is 5.99. The Morgan fingerprint density at radius 1 is 1.22 bits per heavy atom. The third-order valence-electron chi connectivity index (χ3n) is 2.22. The Hall–Kier alpha value is -1.73. The highest BCUT2D eigenvalue weighted by molar-refractivity contribution is 8.00. The molecule has 0 saturated heterocycles. The van der Waals surface area contributed by atoms with Crippen LogP contribution in [0.2, 0.25) is 0 Å². The molecule has 0 bridgehead atoms. The first-order valence-corrected chi connectivity index (χ1v) is 6.94. The van der Waals surface area contributed by atoms with Crippen molar-refractivity contribution in [2.75, 3.05) is 0 Å². The standard InChI is InChI=1S/C11H9N5S2/c1-16-14-10(13-15-16)18-11-12-9(7-17-11)8-5-3-2-4-6-8/h2-7H,1H3. The minimum Gasteiger partial charge on any atom is -0.229 e. The number of thiazole rings is 1. The van der Waals surface area contributed by atoms with E-state index >= 15 is 0 Å². The van der Waals surface area contributed by atoms with Crippen LogP contribution in [0.3, 0.4) is 0 Å². The fourth-order valence-electron chi connectivity index (χ4n) is 1.43. The fourth-order valence-corrected chi connectivity index (χ4v) is 3.08. The zero-order chi connectivity index (χ0) is 12.4. The monoisotopic (exact) mass is 275 g/mol. The van der Waals surface area contributed by atoms with Gasteiger partial charge in [-0.2, -0.15) is 4.80 Å². The maximum absolute atomic E-state index is 4.55. The minimum absolute atomic E-state index is 0.617. The van der Waals surface area contributed by atoms with E-state index in [1.54, 1.807) is 18.4 Å². The zero-order valence-electron chi connectivity index (χ0n) is 9.52. The molecular weight excluding hydrogens is 266 g/mol. The summed E-state index contributed by atoms with van der Waals surface area (Å²) in [7, 11) is 1.74. The van der Waals surface area contributed by atoms with E-state index in [0.717, 1.165) is 15.6 Å². The van der Waals surface area contributed by atoms with E-state index in [-0.39, 0.29) is 0 Å². The third kappa shape index (κ3) is 2.41. The van der Waals surface area contributed by atoms with E-state index in [0.29, 0.717) is 5.16 Å². The normalized spacial score (nSPS) is 10.7.